The van der Waals surface area contributed by atoms with Crippen LogP contribution in [0.4, 0.5) is 8.78 Å². The molecule has 104 valence electrons. The number of rotatable bonds is 4. The van der Waals surface area contributed by atoms with Gasteiger partial charge in [-0.3, -0.25) is 4.79 Å². The molecule has 0 bridgehead atoms. The first kappa shape index (κ1) is 14.7. The van der Waals surface area contributed by atoms with Crippen LogP contribution in [-0.4, -0.2) is 5.91 Å². The van der Waals surface area contributed by atoms with E-state index in [0.717, 1.165) is 29.3 Å². The Balaban J connectivity index is 2.06. The highest BCUT2D eigenvalue weighted by atomic mass is 79.9. The Morgan fingerprint density at radius 3 is 2.60 bits per heavy atom. The number of nitrogens with one attached hydrogen (secondary N) is 1. The summed E-state index contributed by atoms with van der Waals surface area (Å²) in [4.78, 5) is 11.8. The van der Waals surface area contributed by atoms with Crippen LogP contribution < -0.4 is 5.32 Å². The molecule has 2 rings (SSSR count). The number of hydrogen-bond donors (Lipinski definition) is 1. The van der Waals surface area contributed by atoms with Gasteiger partial charge in [0.15, 0.2) is 0 Å². The van der Waals surface area contributed by atoms with E-state index in [4.69, 9.17) is 0 Å². The van der Waals surface area contributed by atoms with Gasteiger partial charge in [-0.1, -0.05) is 40.2 Å². The van der Waals surface area contributed by atoms with Gasteiger partial charge in [-0.2, -0.15) is 0 Å². The normalized spacial score (nSPS) is 10.3. The quantitative estimate of drug-likeness (QED) is 0.843. The third-order valence-electron chi connectivity index (χ3n) is 2.77. The van der Waals surface area contributed by atoms with E-state index < -0.39 is 17.5 Å². The number of halogens is 3. The van der Waals surface area contributed by atoms with E-state index >= 15 is 0 Å². The van der Waals surface area contributed by atoms with Crippen LogP contribution in [0.5, 0.6) is 0 Å². The minimum atomic E-state index is -0.738. The molecule has 0 saturated heterocycles. The monoisotopic (exact) mass is 339 g/mol. The van der Waals surface area contributed by atoms with Crippen molar-refractivity contribution < 1.29 is 13.6 Å². The van der Waals surface area contributed by atoms with Gasteiger partial charge in [0, 0.05) is 11.9 Å². The van der Waals surface area contributed by atoms with Gasteiger partial charge in [0.1, 0.15) is 11.6 Å². The first-order valence-corrected chi connectivity index (χ1v) is 7.09. The molecule has 0 radical (unpaired) electrons. The zero-order chi connectivity index (χ0) is 14.5. The van der Waals surface area contributed by atoms with E-state index in [2.05, 4.69) is 21.2 Å². The van der Waals surface area contributed by atoms with Crippen LogP contribution in [0.2, 0.25) is 0 Å². The molecule has 0 aliphatic rings. The third-order valence-corrected chi connectivity index (χ3v) is 3.42. The van der Waals surface area contributed by atoms with Gasteiger partial charge in [-0.15, -0.1) is 0 Å². The maximum absolute atomic E-state index is 13.4. The number of amides is 1. The van der Waals surface area contributed by atoms with Crippen molar-refractivity contribution >= 4 is 21.8 Å². The van der Waals surface area contributed by atoms with Gasteiger partial charge < -0.3 is 5.32 Å². The Morgan fingerprint density at radius 1 is 1.10 bits per heavy atom. The van der Waals surface area contributed by atoms with Crippen LogP contribution in [0.1, 0.15) is 21.5 Å². The fraction of sp³-hybridized carbons (Fsp3) is 0.133. The Morgan fingerprint density at radius 2 is 1.85 bits per heavy atom. The van der Waals surface area contributed by atoms with Crippen molar-refractivity contribution in [3.63, 3.8) is 0 Å². The Hall–Kier alpha value is -1.75. The van der Waals surface area contributed by atoms with Crippen molar-refractivity contribution in [1.29, 1.82) is 0 Å². The number of carbonyl (C=O) groups excluding carboxylic acids is 1. The molecule has 2 aromatic carbocycles. The standard InChI is InChI=1S/C15H12BrF2NO/c16-8-10-2-1-3-11(6-10)9-19-15(20)13-7-12(17)4-5-14(13)18/h1-7H,8-9H2,(H,19,20). The maximum atomic E-state index is 13.4. The summed E-state index contributed by atoms with van der Waals surface area (Å²) in [5.74, 6) is -2.01. The zero-order valence-corrected chi connectivity index (χ0v) is 12.1. The minimum absolute atomic E-state index is 0.260. The number of alkyl halides is 1. The number of benzene rings is 2. The molecule has 2 nitrogen and oxygen atoms in total. The van der Waals surface area contributed by atoms with E-state index in [0.29, 0.717) is 5.33 Å². The molecule has 0 heterocycles. The van der Waals surface area contributed by atoms with Crippen molar-refractivity contribution in [1.82, 2.24) is 5.32 Å². The summed E-state index contributed by atoms with van der Waals surface area (Å²) in [6.45, 7) is 0.260. The predicted molar refractivity (Wildman–Crippen MR) is 76.6 cm³/mol. The van der Waals surface area contributed by atoms with Crippen LogP contribution >= 0.6 is 15.9 Å². The number of hydrogen-bond acceptors (Lipinski definition) is 1. The molecule has 0 aromatic heterocycles. The van der Waals surface area contributed by atoms with Crippen molar-refractivity contribution in [3.05, 3.63) is 70.8 Å². The second-order valence-electron chi connectivity index (χ2n) is 4.26. The van der Waals surface area contributed by atoms with E-state index in [1.807, 2.05) is 24.3 Å². The Bertz CT molecular complexity index is 631. The fourth-order valence-corrected chi connectivity index (χ4v) is 2.12. The first-order valence-electron chi connectivity index (χ1n) is 5.97. The molecule has 0 aliphatic carbocycles. The lowest BCUT2D eigenvalue weighted by molar-refractivity contribution is 0.0946. The Labute approximate surface area is 123 Å². The first-order chi connectivity index (χ1) is 9.60. The molecule has 0 fully saturated rings. The summed E-state index contributed by atoms with van der Waals surface area (Å²) in [7, 11) is 0. The highest BCUT2D eigenvalue weighted by Crippen LogP contribution is 2.11. The van der Waals surface area contributed by atoms with E-state index in [1.54, 1.807) is 0 Å². The summed E-state index contributed by atoms with van der Waals surface area (Å²) in [5.41, 5.74) is 1.68. The smallest absolute Gasteiger partial charge is 0.254 e. The molecule has 0 saturated carbocycles. The minimum Gasteiger partial charge on any atom is -0.348 e. The zero-order valence-electron chi connectivity index (χ0n) is 10.5. The van der Waals surface area contributed by atoms with Gasteiger partial charge in [0.25, 0.3) is 5.91 Å². The van der Waals surface area contributed by atoms with Crippen LogP contribution in [0.25, 0.3) is 0 Å². The van der Waals surface area contributed by atoms with E-state index in [1.165, 1.54) is 0 Å². The van der Waals surface area contributed by atoms with Gasteiger partial charge >= 0.3 is 0 Å². The van der Waals surface area contributed by atoms with Crippen molar-refractivity contribution in [2.24, 2.45) is 0 Å². The lowest BCUT2D eigenvalue weighted by Gasteiger charge is -2.07. The average molecular weight is 340 g/mol. The topological polar surface area (TPSA) is 29.1 Å². The van der Waals surface area contributed by atoms with E-state index in [9.17, 15) is 13.6 Å². The van der Waals surface area contributed by atoms with Crippen LogP contribution in [0.15, 0.2) is 42.5 Å². The molecule has 0 atom stereocenters. The second kappa shape index (κ2) is 6.61. The third kappa shape index (κ3) is 3.63. The highest BCUT2D eigenvalue weighted by molar-refractivity contribution is 9.08. The summed E-state index contributed by atoms with van der Waals surface area (Å²) in [6, 6.07) is 10.4. The second-order valence-corrected chi connectivity index (χ2v) is 4.82. The molecule has 0 spiro atoms. The molecule has 0 unspecified atom stereocenters. The molecular formula is C15H12BrF2NO. The lowest BCUT2D eigenvalue weighted by atomic mass is 10.1. The summed E-state index contributed by atoms with van der Waals surface area (Å²) < 4.78 is 26.4. The van der Waals surface area contributed by atoms with Crippen LogP contribution in [0, 0.1) is 11.6 Å². The largest absolute Gasteiger partial charge is 0.348 e. The summed E-state index contributed by atoms with van der Waals surface area (Å²) in [6.07, 6.45) is 0. The molecule has 20 heavy (non-hydrogen) atoms. The fourth-order valence-electron chi connectivity index (χ4n) is 1.77. The SMILES string of the molecule is O=C(NCc1cccc(CBr)c1)c1cc(F)ccc1F. The van der Waals surface area contributed by atoms with Gasteiger partial charge in [-0.05, 0) is 29.3 Å². The molecule has 0 aliphatic heterocycles. The molecule has 1 N–H and O–H groups in total. The van der Waals surface area contributed by atoms with E-state index in [-0.39, 0.29) is 12.1 Å². The molecule has 1 amide bonds. The van der Waals surface area contributed by atoms with Crippen LogP contribution in [-0.2, 0) is 11.9 Å². The van der Waals surface area contributed by atoms with Gasteiger partial charge in [0.2, 0.25) is 0 Å². The number of carbonyl (C=O) groups is 1. The van der Waals surface area contributed by atoms with Crippen LogP contribution in [0.3, 0.4) is 0 Å². The molecule has 2 aromatic rings. The summed E-state index contributed by atoms with van der Waals surface area (Å²) in [5, 5.41) is 3.29. The maximum Gasteiger partial charge on any atom is 0.254 e. The molecule has 5 heteroatoms. The lowest BCUT2D eigenvalue weighted by Crippen LogP contribution is -2.24. The predicted octanol–water partition coefficient (Wildman–Crippen LogP) is 3.79. The highest BCUT2D eigenvalue weighted by Gasteiger charge is 2.12. The molecular weight excluding hydrogens is 328 g/mol. The van der Waals surface area contributed by atoms with Gasteiger partial charge in [-0.25, -0.2) is 8.78 Å². The average Bonchev–Trinajstić information content (AvgIpc) is 2.47. The van der Waals surface area contributed by atoms with Gasteiger partial charge in [0.05, 0.1) is 5.56 Å². The summed E-state index contributed by atoms with van der Waals surface area (Å²) >= 11 is 3.35. The van der Waals surface area contributed by atoms with Crippen molar-refractivity contribution in [3.8, 4) is 0 Å². The van der Waals surface area contributed by atoms with Crippen molar-refractivity contribution in [2.75, 3.05) is 0 Å². The van der Waals surface area contributed by atoms with Crippen molar-refractivity contribution in [2.45, 2.75) is 11.9 Å². The Kier molecular flexibility index (Phi) is 4.84.